The van der Waals surface area contributed by atoms with E-state index in [-0.39, 0.29) is 23.4 Å². The normalized spacial score (nSPS) is 12.8. The van der Waals surface area contributed by atoms with E-state index < -0.39 is 28.5 Å². The molecule has 0 aliphatic carbocycles. The molecule has 0 fully saturated rings. The predicted molar refractivity (Wildman–Crippen MR) is 161 cm³/mol. The van der Waals surface area contributed by atoms with Crippen LogP contribution < -0.4 is 9.62 Å². The smallest absolute Gasteiger partial charge is 0.264 e. The van der Waals surface area contributed by atoms with Crippen LogP contribution in [0.4, 0.5) is 5.69 Å². The van der Waals surface area contributed by atoms with Crippen molar-refractivity contribution in [3.8, 4) is 0 Å². The van der Waals surface area contributed by atoms with E-state index in [1.807, 2.05) is 71.0 Å². The van der Waals surface area contributed by atoms with Crippen LogP contribution in [-0.4, -0.2) is 50.3 Å². The Bertz CT molecular complexity index is 1390. The zero-order valence-electron chi connectivity index (χ0n) is 24.3. The average molecular weight is 564 g/mol. The van der Waals surface area contributed by atoms with Crippen molar-refractivity contribution in [3.05, 3.63) is 95.1 Å². The predicted octanol–water partition coefficient (Wildman–Crippen LogP) is 5.18. The molecule has 3 aromatic rings. The molecule has 0 aliphatic heterocycles. The van der Waals surface area contributed by atoms with Gasteiger partial charge in [0, 0.05) is 12.6 Å². The lowest BCUT2D eigenvalue weighted by atomic mass is 10.1. The molecule has 0 heterocycles. The quantitative estimate of drug-likeness (QED) is 0.329. The lowest BCUT2D eigenvalue weighted by molar-refractivity contribution is -0.139. The number of carbonyl (C=O) groups is 2. The zero-order valence-corrected chi connectivity index (χ0v) is 25.2. The molecule has 0 saturated carbocycles. The number of sulfonamides is 1. The van der Waals surface area contributed by atoms with E-state index >= 15 is 0 Å². The number of hydrogen-bond acceptors (Lipinski definition) is 4. The number of benzene rings is 3. The Morgan fingerprint density at radius 1 is 0.850 bits per heavy atom. The third-order valence-electron chi connectivity index (χ3n) is 7.03. The number of anilines is 1. The Kier molecular flexibility index (Phi) is 10.5. The molecule has 7 nitrogen and oxygen atoms in total. The summed E-state index contributed by atoms with van der Waals surface area (Å²) in [4.78, 5) is 28.7. The highest BCUT2D eigenvalue weighted by atomic mass is 32.2. The van der Waals surface area contributed by atoms with Crippen LogP contribution in [0.25, 0.3) is 0 Å². The first kappa shape index (κ1) is 30.9. The number of aryl methyl sites for hydroxylation is 3. The van der Waals surface area contributed by atoms with Crippen LogP contribution in [0.5, 0.6) is 0 Å². The van der Waals surface area contributed by atoms with E-state index in [0.29, 0.717) is 12.1 Å². The number of nitrogens with zero attached hydrogens (tertiary/aromatic N) is 2. The molecule has 3 aromatic carbocycles. The van der Waals surface area contributed by atoms with Crippen LogP contribution >= 0.6 is 0 Å². The highest BCUT2D eigenvalue weighted by Gasteiger charge is 2.32. The highest BCUT2D eigenvalue weighted by Crippen LogP contribution is 2.26. The minimum atomic E-state index is -4.08. The van der Waals surface area contributed by atoms with Gasteiger partial charge in [-0.15, -0.1) is 0 Å². The molecule has 2 amide bonds. The third-order valence-corrected chi connectivity index (χ3v) is 8.82. The number of rotatable bonds is 12. The summed E-state index contributed by atoms with van der Waals surface area (Å²) >= 11 is 0. The van der Waals surface area contributed by atoms with Gasteiger partial charge in [-0.1, -0.05) is 61.0 Å². The fraction of sp³-hybridized carbons (Fsp3) is 0.375. The van der Waals surface area contributed by atoms with Crippen molar-refractivity contribution in [1.29, 1.82) is 0 Å². The van der Waals surface area contributed by atoms with Gasteiger partial charge in [0.15, 0.2) is 0 Å². The average Bonchev–Trinajstić information content (AvgIpc) is 2.91. The SMILES string of the molecule is CC[C@H](C)NC(=O)[C@@H](C)N(CCc1ccccc1)C(=O)CN(c1cc(C)cc(C)c1)S(=O)(=O)c1ccc(C)cc1. The molecule has 0 saturated heterocycles. The van der Waals surface area contributed by atoms with Crippen LogP contribution in [0.3, 0.4) is 0 Å². The Hall–Kier alpha value is -3.65. The molecule has 0 aromatic heterocycles. The number of amides is 2. The lowest BCUT2D eigenvalue weighted by Gasteiger charge is -2.32. The van der Waals surface area contributed by atoms with Gasteiger partial charge in [-0.3, -0.25) is 13.9 Å². The minimum Gasteiger partial charge on any atom is -0.352 e. The topological polar surface area (TPSA) is 86.8 Å². The van der Waals surface area contributed by atoms with E-state index in [2.05, 4.69) is 5.32 Å². The van der Waals surface area contributed by atoms with Gasteiger partial charge in [0.25, 0.3) is 10.0 Å². The van der Waals surface area contributed by atoms with Crippen LogP contribution in [0, 0.1) is 20.8 Å². The molecule has 3 rings (SSSR count). The summed E-state index contributed by atoms with van der Waals surface area (Å²) in [7, 11) is -4.08. The second-order valence-electron chi connectivity index (χ2n) is 10.5. The monoisotopic (exact) mass is 563 g/mol. The van der Waals surface area contributed by atoms with Crippen molar-refractivity contribution in [2.24, 2.45) is 0 Å². The van der Waals surface area contributed by atoms with Gasteiger partial charge in [0.1, 0.15) is 12.6 Å². The van der Waals surface area contributed by atoms with Crippen molar-refractivity contribution in [3.63, 3.8) is 0 Å². The number of hydrogen-bond donors (Lipinski definition) is 1. The molecular weight excluding hydrogens is 522 g/mol. The van der Waals surface area contributed by atoms with E-state index in [9.17, 15) is 18.0 Å². The molecule has 0 unspecified atom stereocenters. The molecular formula is C32H41N3O4S. The Morgan fingerprint density at radius 2 is 1.45 bits per heavy atom. The van der Waals surface area contributed by atoms with Gasteiger partial charge >= 0.3 is 0 Å². The van der Waals surface area contributed by atoms with E-state index in [0.717, 1.165) is 33.0 Å². The molecule has 1 N–H and O–H groups in total. The summed E-state index contributed by atoms with van der Waals surface area (Å²) < 4.78 is 29.1. The maximum absolute atomic E-state index is 14.0. The first-order valence-corrected chi connectivity index (χ1v) is 15.2. The summed E-state index contributed by atoms with van der Waals surface area (Å²) in [5, 5.41) is 2.96. The summed E-state index contributed by atoms with van der Waals surface area (Å²) in [6.45, 7) is 11.1. The Morgan fingerprint density at radius 3 is 2.02 bits per heavy atom. The second-order valence-corrected chi connectivity index (χ2v) is 12.3. The van der Waals surface area contributed by atoms with Crippen molar-refractivity contribution in [2.75, 3.05) is 17.4 Å². The molecule has 214 valence electrons. The fourth-order valence-corrected chi connectivity index (χ4v) is 5.89. The minimum absolute atomic E-state index is 0.0466. The van der Waals surface area contributed by atoms with E-state index in [4.69, 9.17) is 0 Å². The molecule has 0 bridgehead atoms. The van der Waals surface area contributed by atoms with Crippen LogP contribution in [0.2, 0.25) is 0 Å². The van der Waals surface area contributed by atoms with Gasteiger partial charge < -0.3 is 10.2 Å². The number of nitrogens with one attached hydrogen (secondary N) is 1. The molecule has 8 heteroatoms. The molecule has 40 heavy (non-hydrogen) atoms. The number of carbonyl (C=O) groups excluding carboxylic acids is 2. The van der Waals surface area contributed by atoms with Gasteiger partial charge in [0.2, 0.25) is 11.8 Å². The Balaban J connectivity index is 2.01. The largest absolute Gasteiger partial charge is 0.352 e. The highest BCUT2D eigenvalue weighted by molar-refractivity contribution is 7.92. The van der Waals surface area contributed by atoms with Crippen LogP contribution in [0.15, 0.2) is 77.7 Å². The van der Waals surface area contributed by atoms with Crippen molar-refractivity contribution in [1.82, 2.24) is 10.2 Å². The fourth-order valence-electron chi connectivity index (χ4n) is 4.50. The first-order valence-electron chi connectivity index (χ1n) is 13.7. The van der Waals surface area contributed by atoms with Crippen molar-refractivity contribution in [2.45, 2.75) is 71.4 Å². The maximum atomic E-state index is 14.0. The second kappa shape index (κ2) is 13.6. The van der Waals surface area contributed by atoms with Crippen molar-refractivity contribution < 1.29 is 18.0 Å². The van der Waals surface area contributed by atoms with Gasteiger partial charge in [0.05, 0.1) is 10.6 Å². The summed E-state index contributed by atoms with van der Waals surface area (Å²) in [6, 6.07) is 21.0. The van der Waals surface area contributed by atoms with Gasteiger partial charge in [-0.2, -0.15) is 0 Å². The van der Waals surface area contributed by atoms with Crippen molar-refractivity contribution >= 4 is 27.5 Å². The zero-order chi connectivity index (χ0) is 29.4. The maximum Gasteiger partial charge on any atom is 0.264 e. The molecule has 2 atom stereocenters. The summed E-state index contributed by atoms with van der Waals surface area (Å²) in [5.74, 6) is -0.715. The first-order chi connectivity index (χ1) is 18.9. The third kappa shape index (κ3) is 7.94. The van der Waals surface area contributed by atoms with Gasteiger partial charge in [-0.25, -0.2) is 8.42 Å². The molecule has 0 radical (unpaired) electrons. The van der Waals surface area contributed by atoms with Gasteiger partial charge in [-0.05, 0) is 88.4 Å². The van der Waals surface area contributed by atoms with E-state index in [1.54, 1.807) is 43.3 Å². The molecule has 0 spiro atoms. The summed E-state index contributed by atoms with van der Waals surface area (Å²) in [6.07, 6.45) is 1.29. The van der Waals surface area contributed by atoms with Crippen LogP contribution in [-0.2, 0) is 26.0 Å². The standard InChI is InChI=1S/C32H41N3O4S/c1-7-26(5)33-32(37)27(6)34(18-17-28-11-9-8-10-12-28)31(36)22-35(29-20-24(3)19-25(4)21-29)40(38,39)30-15-13-23(2)14-16-30/h8-16,19-21,26-27H,7,17-18,22H2,1-6H3,(H,33,37)/t26-,27+/m0/s1. The van der Waals surface area contributed by atoms with Crippen LogP contribution in [0.1, 0.15) is 49.4 Å². The summed E-state index contributed by atoms with van der Waals surface area (Å²) in [5.41, 5.74) is 4.13. The lowest BCUT2D eigenvalue weighted by Crippen LogP contribution is -2.53. The molecule has 0 aliphatic rings. The van der Waals surface area contributed by atoms with E-state index in [1.165, 1.54) is 4.90 Å². The Labute approximate surface area is 239 Å².